The number of methoxy groups -OCH3 is 1. The minimum atomic E-state index is -2.29. The van der Waals surface area contributed by atoms with Crippen molar-refractivity contribution >= 4 is 35.6 Å². The van der Waals surface area contributed by atoms with Gasteiger partial charge < -0.3 is 23.8 Å². The molecule has 2 aromatic carbocycles. The Kier molecular flexibility index (Phi) is 12.3. The van der Waals surface area contributed by atoms with Crippen LogP contribution in [0, 0.1) is 29.0 Å². The van der Waals surface area contributed by atoms with Crippen molar-refractivity contribution in [1.29, 1.82) is 0 Å². The van der Waals surface area contributed by atoms with E-state index in [4.69, 9.17) is 33.9 Å². The minimum Gasteiger partial charge on any atom is -0.468 e. The second kappa shape index (κ2) is 17.0. The quantitative estimate of drug-likeness (QED) is 0.0836. The summed E-state index contributed by atoms with van der Waals surface area (Å²) in [6.07, 6.45) is 2.79. The Balaban J connectivity index is 1.44. The van der Waals surface area contributed by atoms with Crippen LogP contribution >= 0.6 is 0 Å². The van der Waals surface area contributed by atoms with E-state index in [9.17, 15) is 4.39 Å². The van der Waals surface area contributed by atoms with Gasteiger partial charge in [0.25, 0.3) is 0 Å². The van der Waals surface area contributed by atoms with Crippen molar-refractivity contribution in [3.05, 3.63) is 47.7 Å². The fourth-order valence-electron chi connectivity index (χ4n) is 10.1. The number of hydrogen-bond donors (Lipinski definition) is 0. The Bertz CT molecular complexity index is 2190. The second-order valence-electron chi connectivity index (χ2n) is 17.7. The molecule has 7 rings (SSSR count). The van der Waals surface area contributed by atoms with E-state index in [1.54, 1.807) is 24.4 Å². The van der Waals surface area contributed by atoms with Gasteiger partial charge >= 0.3 is 6.01 Å². The number of ether oxygens (including phenoxy) is 4. The van der Waals surface area contributed by atoms with Crippen LogP contribution in [0.5, 0.6) is 11.8 Å². The predicted octanol–water partition coefficient (Wildman–Crippen LogP) is 9.49. The second-order valence-corrected chi connectivity index (χ2v) is 23.3. The third-order valence-corrected chi connectivity index (χ3v) is 19.1. The SMILES string of the molecule is COCOc1cc(-c2ncc3c(N4CC(C)COCC4C)nc(OC[C@@]45CCCN4C[C@H](F)C5)nc3c2F)c2c(C#C[Si](C(C)C)(C(C)C)C(C)C)c(F)ccc2c1. The molecule has 58 heavy (non-hydrogen) atoms. The smallest absolute Gasteiger partial charge is 0.319 e. The normalized spacial score (nSPS) is 22.9. The summed E-state index contributed by atoms with van der Waals surface area (Å²) in [5.74, 6) is 3.17. The first-order valence-electron chi connectivity index (χ1n) is 20.8. The lowest BCUT2D eigenvalue weighted by atomic mass is 9.95. The molecule has 2 aromatic heterocycles. The number of anilines is 1. The molecule has 5 heterocycles. The summed E-state index contributed by atoms with van der Waals surface area (Å²) < 4.78 is 72.2. The number of halogens is 3. The largest absolute Gasteiger partial charge is 0.468 e. The van der Waals surface area contributed by atoms with E-state index >= 15 is 8.78 Å². The summed E-state index contributed by atoms with van der Waals surface area (Å²) in [5.41, 5.74) is 4.65. The third-order valence-electron chi connectivity index (χ3n) is 12.9. The van der Waals surface area contributed by atoms with E-state index in [0.717, 1.165) is 19.4 Å². The van der Waals surface area contributed by atoms with Crippen LogP contribution in [-0.2, 0) is 9.47 Å². The summed E-state index contributed by atoms with van der Waals surface area (Å²) in [6, 6.07) is 6.42. The lowest BCUT2D eigenvalue weighted by molar-refractivity contribution is 0.0512. The van der Waals surface area contributed by atoms with Crippen LogP contribution in [0.15, 0.2) is 30.5 Å². The van der Waals surface area contributed by atoms with Crippen molar-refractivity contribution in [1.82, 2.24) is 19.9 Å². The average molecular weight is 818 g/mol. The number of nitrogens with zero attached hydrogens (tertiary/aromatic N) is 5. The number of benzene rings is 2. The van der Waals surface area contributed by atoms with Gasteiger partial charge in [0.05, 0.1) is 35.7 Å². The monoisotopic (exact) mass is 817 g/mol. The fraction of sp³-hybridized carbons (Fsp3) is 0.578. The topological polar surface area (TPSA) is 82.1 Å². The molecule has 312 valence electrons. The minimum absolute atomic E-state index is 0.00379. The Morgan fingerprint density at radius 2 is 1.76 bits per heavy atom. The van der Waals surface area contributed by atoms with Gasteiger partial charge in [0.2, 0.25) is 0 Å². The summed E-state index contributed by atoms with van der Waals surface area (Å²) in [6.45, 7) is 20.4. The first-order valence-corrected chi connectivity index (χ1v) is 23.1. The number of hydrogen-bond acceptors (Lipinski definition) is 9. The third kappa shape index (κ3) is 7.77. The van der Waals surface area contributed by atoms with Crippen LogP contribution in [0.25, 0.3) is 32.9 Å². The van der Waals surface area contributed by atoms with Crippen LogP contribution in [-0.4, -0.2) is 99.0 Å². The maximum Gasteiger partial charge on any atom is 0.319 e. The van der Waals surface area contributed by atoms with Crippen molar-refractivity contribution in [3.63, 3.8) is 0 Å². The number of rotatable bonds is 11. The van der Waals surface area contributed by atoms with Gasteiger partial charge in [0.15, 0.2) is 12.6 Å². The maximum absolute atomic E-state index is 17.7. The average Bonchev–Trinajstić information content (AvgIpc) is 3.65. The van der Waals surface area contributed by atoms with Gasteiger partial charge in [0.1, 0.15) is 49.4 Å². The van der Waals surface area contributed by atoms with Crippen LogP contribution in [0.3, 0.4) is 0 Å². The molecule has 3 fully saturated rings. The van der Waals surface area contributed by atoms with Crippen molar-refractivity contribution < 1.29 is 32.1 Å². The Morgan fingerprint density at radius 1 is 1.00 bits per heavy atom. The summed E-state index contributed by atoms with van der Waals surface area (Å²) in [4.78, 5) is 18.7. The highest BCUT2D eigenvalue weighted by molar-refractivity contribution is 6.90. The lowest BCUT2D eigenvalue weighted by Gasteiger charge is -2.38. The van der Waals surface area contributed by atoms with Gasteiger partial charge in [-0.2, -0.15) is 9.97 Å². The lowest BCUT2D eigenvalue weighted by Crippen LogP contribution is -2.43. The molecule has 0 aliphatic carbocycles. The van der Waals surface area contributed by atoms with Crippen LogP contribution in [0.1, 0.15) is 80.2 Å². The zero-order chi connectivity index (χ0) is 41.5. The number of aromatic nitrogens is 3. The molecule has 0 N–H and O–H groups in total. The molecular weight excluding hydrogens is 760 g/mol. The molecular formula is C45H58F3N5O4Si. The van der Waals surface area contributed by atoms with Gasteiger partial charge in [-0.1, -0.05) is 60.5 Å². The van der Waals surface area contributed by atoms with Crippen LogP contribution in [0.4, 0.5) is 19.0 Å². The van der Waals surface area contributed by atoms with Gasteiger partial charge in [-0.15, -0.1) is 5.54 Å². The highest BCUT2D eigenvalue weighted by atomic mass is 28.3. The van der Waals surface area contributed by atoms with Gasteiger partial charge in [-0.25, -0.2) is 13.2 Å². The summed E-state index contributed by atoms with van der Waals surface area (Å²) in [7, 11) is -0.775. The first-order chi connectivity index (χ1) is 27.7. The van der Waals surface area contributed by atoms with E-state index < -0.39 is 31.4 Å². The Hall–Kier alpha value is -3.96. The number of alkyl halides is 1. The van der Waals surface area contributed by atoms with Crippen molar-refractivity contribution in [2.75, 3.05) is 58.3 Å². The Labute approximate surface area is 342 Å². The molecule has 0 saturated carbocycles. The standard InChI is InChI=1S/C45H58F3N5O4Si/c1-27(2)58(28(3)4,29(5)6)16-13-35-38(47)12-11-32-17-34(57-26-54-9)18-36(39(32)35)41-40(48)42-37(20-49-41)43(53-21-30(7)23-55-24-31(53)8)51-44(50-42)56-25-45-14-10-15-52(45)22-33(46)19-45/h11-12,17-18,20,27-31,33H,10,14-15,19,21-26H2,1-9H3/t30?,31?,33-,45+/m1/s1. The number of pyridine rings is 1. The molecule has 13 heteroatoms. The predicted molar refractivity (Wildman–Crippen MR) is 226 cm³/mol. The summed E-state index contributed by atoms with van der Waals surface area (Å²) in [5, 5.41) is 1.45. The van der Waals surface area contributed by atoms with E-state index in [1.807, 2.05) is 6.92 Å². The molecule has 3 saturated heterocycles. The zero-order valence-corrected chi connectivity index (χ0v) is 36.4. The fourth-order valence-corrected chi connectivity index (χ4v) is 15.3. The van der Waals surface area contributed by atoms with E-state index in [-0.39, 0.29) is 48.1 Å². The molecule has 3 aliphatic rings. The molecule has 9 nitrogen and oxygen atoms in total. The van der Waals surface area contributed by atoms with Crippen LogP contribution in [0.2, 0.25) is 16.6 Å². The van der Waals surface area contributed by atoms with Crippen LogP contribution < -0.4 is 14.4 Å². The zero-order valence-electron chi connectivity index (χ0n) is 35.4. The molecule has 0 amide bonds. The molecule has 0 bridgehead atoms. The van der Waals surface area contributed by atoms with E-state index in [1.165, 1.54) is 13.2 Å². The van der Waals surface area contributed by atoms with Crippen molar-refractivity contribution in [3.8, 4) is 34.5 Å². The molecule has 4 atom stereocenters. The Morgan fingerprint density at radius 3 is 2.48 bits per heavy atom. The van der Waals surface area contributed by atoms with Gasteiger partial charge in [-0.3, -0.25) is 9.88 Å². The maximum atomic E-state index is 17.7. The molecule has 0 spiro atoms. The first kappa shape index (κ1) is 42.2. The van der Waals surface area contributed by atoms with Crippen molar-refractivity contribution in [2.45, 2.75) is 109 Å². The molecule has 3 aliphatic heterocycles. The highest BCUT2D eigenvalue weighted by Gasteiger charge is 2.49. The molecule has 0 radical (unpaired) electrons. The van der Waals surface area contributed by atoms with E-state index in [2.05, 4.69) is 69.7 Å². The van der Waals surface area contributed by atoms with E-state index in [0.29, 0.717) is 82.6 Å². The van der Waals surface area contributed by atoms with Gasteiger partial charge in [-0.05, 0) is 72.4 Å². The highest BCUT2D eigenvalue weighted by Crippen LogP contribution is 2.44. The number of fused-ring (bicyclic) bond motifs is 3. The molecule has 4 aromatic rings. The van der Waals surface area contributed by atoms with Crippen molar-refractivity contribution in [2.24, 2.45) is 5.92 Å². The molecule has 2 unspecified atom stereocenters. The summed E-state index contributed by atoms with van der Waals surface area (Å²) >= 11 is 0. The van der Waals surface area contributed by atoms with Gasteiger partial charge in [0, 0.05) is 43.8 Å².